The topological polar surface area (TPSA) is 58.4 Å². The number of carbonyl (C=O) groups is 2. The Balaban J connectivity index is 1.69. The summed E-state index contributed by atoms with van der Waals surface area (Å²) in [4.78, 5) is 28.0. The highest BCUT2D eigenvalue weighted by Crippen LogP contribution is 2.26. The number of carbonyl (C=O) groups excluding carboxylic acids is 2. The predicted octanol–water partition coefficient (Wildman–Crippen LogP) is 1.28. The fraction of sp³-hybridized carbons (Fsp3) is 0.667. The summed E-state index contributed by atoms with van der Waals surface area (Å²) >= 11 is 1.65. The Bertz CT molecular complexity index is 574. The van der Waals surface area contributed by atoms with Crippen molar-refractivity contribution in [1.82, 2.24) is 19.6 Å². The van der Waals surface area contributed by atoms with Gasteiger partial charge in [-0.05, 0) is 25.3 Å². The molecule has 0 spiro atoms. The van der Waals surface area contributed by atoms with Crippen LogP contribution in [0.3, 0.4) is 0 Å². The maximum absolute atomic E-state index is 12.8. The first-order valence-electron chi connectivity index (χ1n) is 7.71. The highest BCUT2D eigenvalue weighted by Gasteiger charge is 2.37. The molecule has 0 aromatic carbocycles. The lowest BCUT2D eigenvalue weighted by molar-refractivity contribution is -0.143. The van der Waals surface area contributed by atoms with Gasteiger partial charge in [0, 0.05) is 32.0 Å². The first-order valence-corrected chi connectivity index (χ1v) is 8.86. The van der Waals surface area contributed by atoms with Gasteiger partial charge >= 0.3 is 0 Å². The van der Waals surface area contributed by atoms with Crippen LogP contribution in [0, 0.1) is 6.92 Å². The molecule has 0 aliphatic carbocycles. The van der Waals surface area contributed by atoms with Crippen LogP contribution in [0.15, 0.2) is 12.4 Å². The fourth-order valence-corrected chi connectivity index (χ4v) is 4.38. The second kappa shape index (κ2) is 6.32. The molecule has 0 bridgehead atoms. The van der Waals surface area contributed by atoms with Gasteiger partial charge < -0.3 is 9.80 Å². The zero-order valence-corrected chi connectivity index (χ0v) is 13.9. The molecule has 3 heterocycles. The quantitative estimate of drug-likeness (QED) is 0.823. The third-order valence-electron chi connectivity index (χ3n) is 4.38. The van der Waals surface area contributed by atoms with Crippen LogP contribution in [0.2, 0.25) is 0 Å². The molecule has 0 saturated carbocycles. The van der Waals surface area contributed by atoms with Crippen molar-refractivity contribution >= 4 is 23.6 Å². The average molecular weight is 322 g/mol. The van der Waals surface area contributed by atoms with Crippen LogP contribution in [0.1, 0.15) is 31.4 Å². The highest BCUT2D eigenvalue weighted by molar-refractivity contribution is 7.99. The van der Waals surface area contributed by atoms with E-state index in [0.29, 0.717) is 18.2 Å². The molecule has 6 nitrogen and oxygen atoms in total. The SMILES string of the molecule is CC(=O)N1CSC[C@@H]1C(=O)N1CCC[C@@H](n2cc(C)cn2)C1. The molecular formula is C15H22N4O2S. The number of aromatic nitrogens is 2. The van der Waals surface area contributed by atoms with Crippen molar-refractivity contribution in [1.29, 1.82) is 0 Å². The number of thioether (sulfide) groups is 1. The van der Waals surface area contributed by atoms with Crippen molar-refractivity contribution in [2.75, 3.05) is 24.7 Å². The van der Waals surface area contributed by atoms with Crippen molar-refractivity contribution in [3.05, 3.63) is 18.0 Å². The van der Waals surface area contributed by atoms with Crippen LogP contribution >= 0.6 is 11.8 Å². The number of likely N-dealkylation sites (tertiary alicyclic amines) is 1. The van der Waals surface area contributed by atoms with Crippen LogP contribution in [0.25, 0.3) is 0 Å². The van der Waals surface area contributed by atoms with Gasteiger partial charge in [0.2, 0.25) is 11.8 Å². The minimum absolute atomic E-state index is 0.0142. The van der Waals surface area contributed by atoms with Crippen LogP contribution in [0.5, 0.6) is 0 Å². The lowest BCUT2D eigenvalue weighted by Crippen LogP contribution is -2.51. The second-order valence-corrected chi connectivity index (χ2v) is 7.08. The van der Waals surface area contributed by atoms with Gasteiger partial charge in [0.25, 0.3) is 0 Å². The Hall–Kier alpha value is -1.50. The van der Waals surface area contributed by atoms with E-state index in [1.807, 2.05) is 28.9 Å². The Morgan fingerprint density at radius 3 is 2.91 bits per heavy atom. The lowest BCUT2D eigenvalue weighted by Gasteiger charge is -2.35. The normalized spacial score (nSPS) is 25.5. The van der Waals surface area contributed by atoms with Gasteiger partial charge in [-0.2, -0.15) is 5.10 Å². The zero-order chi connectivity index (χ0) is 15.7. The van der Waals surface area contributed by atoms with Crippen LogP contribution in [-0.2, 0) is 9.59 Å². The van der Waals surface area contributed by atoms with Gasteiger partial charge in [-0.3, -0.25) is 14.3 Å². The Labute approximate surface area is 134 Å². The van der Waals surface area contributed by atoms with Crippen molar-refractivity contribution in [3.8, 4) is 0 Å². The molecule has 7 heteroatoms. The van der Waals surface area contributed by atoms with E-state index in [-0.39, 0.29) is 23.9 Å². The molecule has 1 aromatic rings. The Kier molecular flexibility index (Phi) is 4.42. The smallest absolute Gasteiger partial charge is 0.246 e. The second-order valence-electron chi connectivity index (χ2n) is 6.08. The van der Waals surface area contributed by atoms with Crippen molar-refractivity contribution in [2.24, 2.45) is 0 Å². The lowest BCUT2D eigenvalue weighted by atomic mass is 10.0. The summed E-state index contributed by atoms with van der Waals surface area (Å²) in [5.74, 6) is 1.41. The minimum atomic E-state index is -0.291. The summed E-state index contributed by atoms with van der Waals surface area (Å²) in [6, 6.07) is -0.0492. The number of hydrogen-bond donors (Lipinski definition) is 0. The standard InChI is InChI=1S/C15H22N4O2S/c1-11-6-16-19(7-11)13-4-3-5-17(8-13)15(21)14-9-22-10-18(14)12(2)20/h6-7,13-14H,3-5,8-10H2,1-2H3/t13-,14-/m1/s1. The van der Waals surface area contributed by atoms with E-state index in [1.54, 1.807) is 16.7 Å². The van der Waals surface area contributed by atoms with Crippen molar-refractivity contribution in [3.63, 3.8) is 0 Å². The van der Waals surface area contributed by atoms with E-state index in [4.69, 9.17) is 0 Å². The van der Waals surface area contributed by atoms with Gasteiger partial charge in [-0.15, -0.1) is 11.8 Å². The third-order valence-corrected chi connectivity index (χ3v) is 5.40. The number of piperidine rings is 1. The summed E-state index contributed by atoms with van der Waals surface area (Å²) in [5, 5.41) is 4.38. The van der Waals surface area contributed by atoms with E-state index in [2.05, 4.69) is 5.10 Å². The number of amides is 2. The molecule has 3 rings (SSSR count). The minimum Gasteiger partial charge on any atom is -0.339 e. The number of rotatable bonds is 2. The molecule has 2 aliphatic rings. The first kappa shape index (κ1) is 15.4. The number of nitrogens with zero attached hydrogens (tertiary/aromatic N) is 4. The maximum Gasteiger partial charge on any atom is 0.246 e. The molecule has 0 unspecified atom stereocenters. The molecule has 2 saturated heterocycles. The van der Waals surface area contributed by atoms with Gasteiger partial charge in [0.1, 0.15) is 6.04 Å². The van der Waals surface area contributed by atoms with Crippen LogP contribution in [-0.4, -0.2) is 62.2 Å². The van der Waals surface area contributed by atoms with E-state index in [1.165, 1.54) is 6.92 Å². The Morgan fingerprint density at radius 2 is 2.23 bits per heavy atom. The van der Waals surface area contributed by atoms with Gasteiger partial charge in [0.05, 0.1) is 18.1 Å². The largest absolute Gasteiger partial charge is 0.339 e. The van der Waals surface area contributed by atoms with E-state index < -0.39 is 0 Å². The molecule has 0 N–H and O–H groups in total. The summed E-state index contributed by atoms with van der Waals surface area (Å²) in [6.07, 6.45) is 5.91. The number of aryl methyl sites for hydroxylation is 1. The summed E-state index contributed by atoms with van der Waals surface area (Å²) in [6.45, 7) is 5.03. The molecule has 2 amide bonds. The zero-order valence-electron chi connectivity index (χ0n) is 13.1. The van der Waals surface area contributed by atoms with E-state index in [0.717, 1.165) is 24.9 Å². The van der Waals surface area contributed by atoms with Gasteiger partial charge in [0.15, 0.2) is 0 Å². The molecule has 120 valence electrons. The van der Waals surface area contributed by atoms with E-state index in [9.17, 15) is 9.59 Å². The first-order chi connectivity index (χ1) is 10.6. The van der Waals surface area contributed by atoms with Gasteiger partial charge in [-0.1, -0.05) is 0 Å². The average Bonchev–Trinajstić information content (AvgIpc) is 3.15. The summed E-state index contributed by atoms with van der Waals surface area (Å²) in [7, 11) is 0. The predicted molar refractivity (Wildman–Crippen MR) is 85.4 cm³/mol. The molecule has 1 aromatic heterocycles. The molecule has 2 atom stereocenters. The summed E-state index contributed by atoms with van der Waals surface area (Å²) < 4.78 is 1.97. The van der Waals surface area contributed by atoms with Crippen LogP contribution in [0.4, 0.5) is 0 Å². The van der Waals surface area contributed by atoms with Crippen LogP contribution < -0.4 is 0 Å². The highest BCUT2D eigenvalue weighted by atomic mass is 32.2. The van der Waals surface area contributed by atoms with E-state index >= 15 is 0 Å². The fourth-order valence-electron chi connectivity index (χ4n) is 3.17. The molecular weight excluding hydrogens is 300 g/mol. The monoisotopic (exact) mass is 322 g/mol. The summed E-state index contributed by atoms with van der Waals surface area (Å²) in [5.41, 5.74) is 1.14. The van der Waals surface area contributed by atoms with Crippen molar-refractivity contribution < 1.29 is 9.59 Å². The number of hydrogen-bond acceptors (Lipinski definition) is 4. The molecule has 2 fully saturated rings. The maximum atomic E-state index is 12.8. The van der Waals surface area contributed by atoms with Gasteiger partial charge in [-0.25, -0.2) is 0 Å². The van der Waals surface area contributed by atoms with Crippen molar-refractivity contribution in [2.45, 2.75) is 38.8 Å². The molecule has 0 radical (unpaired) electrons. The Morgan fingerprint density at radius 1 is 1.41 bits per heavy atom. The third kappa shape index (κ3) is 2.99. The molecule has 22 heavy (non-hydrogen) atoms. The molecule has 2 aliphatic heterocycles.